The Balaban J connectivity index is 2.10. The van der Waals surface area contributed by atoms with Crippen LogP contribution in [0.15, 0.2) is 84.9 Å². The zero-order valence-electron chi connectivity index (χ0n) is 28.7. The first-order chi connectivity index (χ1) is 21.5. The van der Waals surface area contributed by atoms with Crippen molar-refractivity contribution in [3.05, 3.63) is 141 Å². The summed E-state index contributed by atoms with van der Waals surface area (Å²) in [4.78, 5) is 0. The minimum atomic E-state index is 0.240. The fourth-order valence-corrected chi connectivity index (χ4v) is 7.34. The molecule has 234 valence electrons. The monoisotopic (exact) mass is 586 g/mol. The molecule has 0 saturated carbocycles. The van der Waals surface area contributed by atoms with E-state index in [1.165, 1.54) is 87.7 Å². The minimum Gasteiger partial charge on any atom is -0.0651 e. The molecule has 44 heavy (non-hydrogen) atoms. The van der Waals surface area contributed by atoms with Crippen LogP contribution in [0.25, 0.3) is 0 Å². The Morgan fingerprint density at radius 1 is 0.364 bits per heavy atom. The molecule has 0 radical (unpaired) electrons. The van der Waals surface area contributed by atoms with E-state index in [1.807, 2.05) is 0 Å². The highest BCUT2D eigenvalue weighted by Gasteiger charge is 2.31. The van der Waals surface area contributed by atoms with Crippen LogP contribution in [-0.2, 0) is 38.5 Å². The summed E-state index contributed by atoms with van der Waals surface area (Å²) in [6.45, 7) is 13.9. The van der Waals surface area contributed by atoms with Crippen LogP contribution in [0.3, 0.4) is 0 Å². The van der Waals surface area contributed by atoms with Crippen LogP contribution < -0.4 is 0 Å². The van der Waals surface area contributed by atoms with Crippen LogP contribution in [0.1, 0.15) is 148 Å². The van der Waals surface area contributed by atoms with Crippen molar-refractivity contribution in [3.8, 4) is 0 Å². The summed E-state index contributed by atoms with van der Waals surface area (Å²) in [5.41, 5.74) is 14.9. The predicted octanol–water partition coefficient (Wildman–Crippen LogP) is 12.4. The summed E-state index contributed by atoms with van der Waals surface area (Å²) in [5, 5.41) is 0. The molecule has 0 aliphatic carbocycles. The summed E-state index contributed by atoms with van der Waals surface area (Å²) >= 11 is 0. The highest BCUT2D eigenvalue weighted by molar-refractivity contribution is 5.51. The largest absolute Gasteiger partial charge is 0.0651 e. The van der Waals surface area contributed by atoms with Crippen LogP contribution in [0.2, 0.25) is 0 Å². The molecule has 0 spiro atoms. The molecule has 0 N–H and O–H groups in total. The SMILES string of the molecule is CCCc1cc(CCC)cc(C(c2cc(CCC)cc(CCC)c2)C(c2ccccc2)c2cc(CCC)ccc2CCC)c1. The van der Waals surface area contributed by atoms with Crippen molar-refractivity contribution < 1.29 is 0 Å². The summed E-state index contributed by atoms with van der Waals surface area (Å²) in [7, 11) is 0. The normalized spacial score (nSPS) is 12.2. The summed E-state index contributed by atoms with van der Waals surface area (Å²) in [5.74, 6) is 0.483. The van der Waals surface area contributed by atoms with Gasteiger partial charge in [0.15, 0.2) is 0 Å². The maximum Gasteiger partial charge on any atom is 0.0202 e. The summed E-state index contributed by atoms with van der Waals surface area (Å²) in [6.07, 6.45) is 13.8. The van der Waals surface area contributed by atoms with Crippen LogP contribution in [0.5, 0.6) is 0 Å². The van der Waals surface area contributed by atoms with Crippen molar-refractivity contribution in [1.29, 1.82) is 0 Å². The van der Waals surface area contributed by atoms with Gasteiger partial charge in [-0.1, -0.05) is 165 Å². The second kappa shape index (κ2) is 17.4. The maximum atomic E-state index is 2.59. The van der Waals surface area contributed by atoms with Gasteiger partial charge in [-0.05, 0) is 94.2 Å². The average molecular weight is 587 g/mol. The van der Waals surface area contributed by atoms with E-state index in [9.17, 15) is 0 Å². The Labute approximate surface area is 270 Å². The summed E-state index contributed by atoms with van der Waals surface area (Å²) < 4.78 is 0. The van der Waals surface area contributed by atoms with E-state index in [-0.39, 0.29) is 11.8 Å². The molecule has 0 bridgehead atoms. The van der Waals surface area contributed by atoms with Gasteiger partial charge < -0.3 is 0 Å². The molecule has 4 aromatic rings. The Bertz CT molecular complexity index is 1320. The fourth-order valence-electron chi connectivity index (χ4n) is 7.34. The number of hydrogen-bond donors (Lipinski definition) is 0. The minimum absolute atomic E-state index is 0.240. The first-order valence-electron chi connectivity index (χ1n) is 18.0. The molecule has 4 rings (SSSR count). The van der Waals surface area contributed by atoms with Gasteiger partial charge >= 0.3 is 0 Å². The second-order valence-corrected chi connectivity index (χ2v) is 13.1. The molecule has 0 aromatic heterocycles. The Morgan fingerprint density at radius 2 is 0.795 bits per heavy atom. The Kier molecular flexibility index (Phi) is 13.3. The van der Waals surface area contributed by atoms with Crippen molar-refractivity contribution >= 4 is 0 Å². The highest BCUT2D eigenvalue weighted by atomic mass is 14.3. The first kappa shape index (κ1) is 33.8. The molecule has 0 heterocycles. The maximum absolute atomic E-state index is 2.59. The quantitative estimate of drug-likeness (QED) is 0.115. The van der Waals surface area contributed by atoms with Gasteiger partial charge in [0.05, 0.1) is 0 Å². The van der Waals surface area contributed by atoms with Crippen LogP contribution >= 0.6 is 0 Å². The van der Waals surface area contributed by atoms with Crippen molar-refractivity contribution in [2.24, 2.45) is 0 Å². The first-order valence-corrected chi connectivity index (χ1v) is 18.0. The third kappa shape index (κ3) is 8.74. The van der Waals surface area contributed by atoms with Crippen molar-refractivity contribution in [3.63, 3.8) is 0 Å². The third-order valence-electron chi connectivity index (χ3n) is 9.12. The van der Waals surface area contributed by atoms with Gasteiger partial charge in [-0.2, -0.15) is 0 Å². The zero-order chi connectivity index (χ0) is 31.3. The van der Waals surface area contributed by atoms with E-state index in [0.29, 0.717) is 0 Å². The highest BCUT2D eigenvalue weighted by Crippen LogP contribution is 2.46. The molecule has 0 saturated heterocycles. The molecule has 0 aliphatic heterocycles. The number of hydrogen-bond acceptors (Lipinski definition) is 0. The molecule has 0 amide bonds. The lowest BCUT2D eigenvalue weighted by Gasteiger charge is -2.33. The third-order valence-corrected chi connectivity index (χ3v) is 9.12. The van der Waals surface area contributed by atoms with Crippen molar-refractivity contribution in [2.75, 3.05) is 0 Å². The van der Waals surface area contributed by atoms with E-state index >= 15 is 0 Å². The van der Waals surface area contributed by atoms with E-state index in [1.54, 1.807) is 0 Å². The van der Waals surface area contributed by atoms with Gasteiger partial charge in [0.2, 0.25) is 0 Å². The van der Waals surface area contributed by atoms with E-state index in [4.69, 9.17) is 0 Å². The molecule has 0 aliphatic rings. The lowest BCUT2D eigenvalue weighted by Crippen LogP contribution is -2.18. The summed E-state index contributed by atoms with van der Waals surface area (Å²) in [6, 6.07) is 34.2. The average Bonchev–Trinajstić information content (AvgIpc) is 3.02. The predicted molar refractivity (Wildman–Crippen MR) is 193 cm³/mol. The molecule has 0 fully saturated rings. The molecule has 1 atom stereocenters. The lowest BCUT2D eigenvalue weighted by molar-refractivity contribution is 0.676. The van der Waals surface area contributed by atoms with Crippen molar-refractivity contribution in [2.45, 2.75) is 130 Å². The number of aryl methyl sites for hydroxylation is 6. The number of benzene rings is 4. The smallest absolute Gasteiger partial charge is 0.0202 e. The van der Waals surface area contributed by atoms with Gasteiger partial charge in [-0.3, -0.25) is 0 Å². The fraction of sp³-hybridized carbons (Fsp3) is 0.455. The Hall–Kier alpha value is -3.12. The topological polar surface area (TPSA) is 0 Å². The van der Waals surface area contributed by atoms with Gasteiger partial charge in [0, 0.05) is 11.8 Å². The second-order valence-electron chi connectivity index (χ2n) is 13.1. The molecule has 0 heteroatoms. The lowest BCUT2D eigenvalue weighted by atomic mass is 9.70. The molecule has 4 aromatic carbocycles. The van der Waals surface area contributed by atoms with Gasteiger partial charge in [-0.25, -0.2) is 0 Å². The van der Waals surface area contributed by atoms with E-state index in [2.05, 4.69) is 126 Å². The number of rotatable bonds is 17. The molecular weight excluding hydrogens is 528 g/mol. The van der Waals surface area contributed by atoms with Crippen LogP contribution in [0.4, 0.5) is 0 Å². The van der Waals surface area contributed by atoms with Crippen LogP contribution in [-0.4, -0.2) is 0 Å². The zero-order valence-corrected chi connectivity index (χ0v) is 28.7. The van der Waals surface area contributed by atoms with Gasteiger partial charge in [-0.15, -0.1) is 0 Å². The van der Waals surface area contributed by atoms with Crippen molar-refractivity contribution in [1.82, 2.24) is 0 Å². The molecule has 0 nitrogen and oxygen atoms in total. The van der Waals surface area contributed by atoms with E-state index < -0.39 is 0 Å². The van der Waals surface area contributed by atoms with Gasteiger partial charge in [0.1, 0.15) is 0 Å². The molecule has 1 unspecified atom stereocenters. The van der Waals surface area contributed by atoms with E-state index in [0.717, 1.165) is 44.9 Å². The molecular formula is C44H58. The Morgan fingerprint density at radius 3 is 1.23 bits per heavy atom. The standard InChI is InChI=1S/C44H58/c1-7-16-33-24-25-38(21-12-6)42(32-33)44(39-22-14-13-15-23-39)43(40-28-34(17-8-2)26-35(29-40)18-9-3)41-30-36(19-10-4)27-37(31-41)20-11-5/h13-15,22-32,43-44H,7-12,16-21H2,1-6H3. The van der Waals surface area contributed by atoms with Gasteiger partial charge in [0.25, 0.3) is 0 Å². The van der Waals surface area contributed by atoms with Crippen LogP contribution in [0, 0.1) is 0 Å².